The van der Waals surface area contributed by atoms with Crippen molar-refractivity contribution in [3.05, 3.63) is 58.8 Å². The monoisotopic (exact) mass is 352 g/mol. The molecule has 4 heteroatoms. The Morgan fingerprint density at radius 2 is 2.27 bits per heavy atom. The zero-order valence-electron chi connectivity index (χ0n) is 15.8. The first-order chi connectivity index (χ1) is 12.5. The van der Waals surface area contributed by atoms with Crippen molar-refractivity contribution in [1.29, 1.82) is 0 Å². The van der Waals surface area contributed by atoms with Gasteiger partial charge in [0.25, 0.3) is 0 Å². The van der Waals surface area contributed by atoms with Gasteiger partial charge < -0.3 is 5.11 Å². The fourth-order valence-electron chi connectivity index (χ4n) is 3.79. The normalized spacial score (nSPS) is 22.9. The lowest BCUT2D eigenvalue weighted by molar-refractivity contribution is -0.776. The first-order valence-electron chi connectivity index (χ1n) is 9.24. The average Bonchev–Trinajstić information content (AvgIpc) is 3.03. The third-order valence-corrected chi connectivity index (χ3v) is 5.37. The van der Waals surface area contributed by atoms with Crippen LogP contribution in [0.15, 0.2) is 52.7 Å². The highest BCUT2D eigenvalue weighted by molar-refractivity contribution is 5.94. The molecule has 0 saturated carbocycles. The predicted molar refractivity (Wildman–Crippen MR) is 107 cm³/mol. The molecule has 3 unspecified atom stereocenters. The summed E-state index contributed by atoms with van der Waals surface area (Å²) < 4.78 is 0. The topological polar surface area (TPSA) is 56.8 Å². The van der Waals surface area contributed by atoms with E-state index >= 15 is 0 Å². The van der Waals surface area contributed by atoms with Gasteiger partial charge >= 0.3 is 5.97 Å². The van der Waals surface area contributed by atoms with Crippen LogP contribution in [0.5, 0.6) is 0 Å². The molecule has 2 aliphatic heterocycles. The van der Waals surface area contributed by atoms with Crippen LogP contribution in [0.1, 0.15) is 43.1 Å². The van der Waals surface area contributed by atoms with Gasteiger partial charge in [0, 0.05) is 41.0 Å². The molecule has 3 N–H and O–H groups in total. The number of hydrogen-bond donors (Lipinski definition) is 1. The summed E-state index contributed by atoms with van der Waals surface area (Å²) >= 11 is 0. The van der Waals surface area contributed by atoms with E-state index in [1.807, 2.05) is 18.3 Å². The van der Waals surface area contributed by atoms with Gasteiger partial charge in [-0.15, -0.1) is 0 Å². The van der Waals surface area contributed by atoms with Crippen LogP contribution in [0.2, 0.25) is 0 Å². The average molecular weight is 352 g/mol. The molecule has 0 radical (unpaired) electrons. The summed E-state index contributed by atoms with van der Waals surface area (Å²) in [4.78, 5) is 17.2. The molecule has 2 heterocycles. The molecule has 2 aliphatic rings. The van der Waals surface area contributed by atoms with E-state index in [2.05, 4.69) is 50.2 Å². The van der Waals surface area contributed by atoms with Crippen LogP contribution in [0, 0.1) is 11.8 Å². The number of fused-ring (bicyclic) bond motifs is 1. The predicted octanol–water partition coefficient (Wildman–Crippen LogP) is 2.67. The molecule has 0 aliphatic carbocycles. The maximum absolute atomic E-state index is 11.7. The van der Waals surface area contributed by atoms with Gasteiger partial charge in [0.1, 0.15) is 6.20 Å². The third-order valence-electron chi connectivity index (χ3n) is 5.37. The number of carbonyl (C=O) groups is 1. The maximum Gasteiger partial charge on any atom is 0.555 e. The number of rotatable bonds is 6. The van der Waals surface area contributed by atoms with E-state index in [1.54, 1.807) is 6.07 Å². The minimum absolute atomic E-state index is 0.430. The summed E-state index contributed by atoms with van der Waals surface area (Å²) in [6, 6.07) is 5.62. The van der Waals surface area contributed by atoms with Gasteiger partial charge in [0.05, 0.1) is 6.54 Å². The van der Waals surface area contributed by atoms with E-state index in [1.165, 1.54) is 16.0 Å². The highest BCUT2D eigenvalue weighted by Gasteiger charge is 2.30. The molecule has 3 atom stereocenters. The molecule has 0 amide bonds. The number of hydrogen-bond acceptors (Lipinski definition) is 2. The summed E-state index contributed by atoms with van der Waals surface area (Å²) in [6.07, 6.45) is 11.5. The smallest absolute Gasteiger partial charge is 0.555 e. The van der Waals surface area contributed by atoms with E-state index in [-0.39, 0.29) is 0 Å². The molecule has 136 valence electrons. The number of quaternary nitrogens is 1. The zero-order valence-corrected chi connectivity index (χ0v) is 15.8. The van der Waals surface area contributed by atoms with Gasteiger partial charge in [-0.2, -0.15) is 0 Å². The molecular formula is C22H28N2O2+2. The number of nitrogens with zero attached hydrogens (tertiary/aromatic N) is 1. The lowest BCUT2D eigenvalue weighted by Gasteiger charge is -2.20. The molecule has 0 aromatic heterocycles. The van der Waals surface area contributed by atoms with Crippen LogP contribution < -0.4 is 4.90 Å². The second kappa shape index (κ2) is 7.83. The first-order valence-corrected chi connectivity index (χ1v) is 9.24. The van der Waals surface area contributed by atoms with Crippen molar-refractivity contribution in [1.82, 2.24) is 0 Å². The van der Waals surface area contributed by atoms with Crippen LogP contribution in [-0.2, 0) is 0 Å². The van der Waals surface area contributed by atoms with E-state index in [0.29, 0.717) is 17.4 Å². The van der Waals surface area contributed by atoms with Crippen LogP contribution in [0.4, 0.5) is 5.69 Å². The lowest BCUT2D eigenvalue weighted by atomic mass is 9.89. The Morgan fingerprint density at radius 3 is 3.00 bits per heavy atom. The van der Waals surface area contributed by atoms with Crippen molar-refractivity contribution in [2.45, 2.75) is 27.2 Å². The van der Waals surface area contributed by atoms with Crippen LogP contribution >= 0.6 is 0 Å². The van der Waals surface area contributed by atoms with Crippen LogP contribution in [-0.4, -0.2) is 30.4 Å². The number of aliphatic imine (C=N–C) groups is 1. The second-order valence-corrected chi connectivity index (χ2v) is 7.43. The summed E-state index contributed by atoms with van der Waals surface area (Å²) in [7, 11) is 0. The Labute approximate surface area is 155 Å². The van der Waals surface area contributed by atoms with Crippen molar-refractivity contribution < 1.29 is 14.8 Å². The fourth-order valence-corrected chi connectivity index (χ4v) is 3.79. The highest BCUT2D eigenvalue weighted by Crippen LogP contribution is 2.24. The van der Waals surface area contributed by atoms with Gasteiger partial charge in [-0.3, -0.25) is 9.89 Å². The molecule has 4 nitrogen and oxygen atoms in total. The molecule has 0 bridgehead atoms. The van der Waals surface area contributed by atoms with Crippen molar-refractivity contribution in [2.75, 3.05) is 13.1 Å². The maximum atomic E-state index is 11.7. The Bertz CT molecular complexity index is 817. The minimum atomic E-state index is -0.605. The molecule has 0 spiro atoms. The Balaban J connectivity index is 1.66. The number of benzene rings is 1. The zero-order chi connectivity index (χ0) is 18.7. The molecule has 1 aromatic rings. The van der Waals surface area contributed by atoms with Gasteiger partial charge in [-0.05, 0) is 38.5 Å². The molecule has 3 rings (SSSR count). The summed E-state index contributed by atoms with van der Waals surface area (Å²) in [5, 5.41) is 7.52. The number of para-hydroxylation sites is 1. The van der Waals surface area contributed by atoms with E-state index in [0.717, 1.165) is 30.8 Å². The van der Waals surface area contributed by atoms with Crippen molar-refractivity contribution in [3.8, 4) is 0 Å². The first kappa shape index (κ1) is 18.3. The van der Waals surface area contributed by atoms with Crippen LogP contribution in [0.25, 0.3) is 6.08 Å². The Morgan fingerprint density at radius 1 is 1.46 bits per heavy atom. The standard InChI is InChI=1S/C22H26N2O2/c1-15(7-8-16(2)20-13-23-11-9-17(20)3)14-24-12-10-18-5-4-6-19(21(18)24)22(25)26/h4-6,8-12,15,20H,7,13-14H2,1-3H3,(H,25,26)/p+2. The molecular weight excluding hydrogens is 324 g/mol. The number of nitrogens with one attached hydrogen (secondary N) is 1. The fraction of sp³-hybridized carbons (Fsp3) is 0.364. The summed E-state index contributed by atoms with van der Waals surface area (Å²) in [6.45, 7) is 8.38. The van der Waals surface area contributed by atoms with Gasteiger partial charge in [-0.25, -0.2) is 0 Å². The van der Waals surface area contributed by atoms with E-state index in [9.17, 15) is 4.79 Å². The molecule has 26 heavy (non-hydrogen) atoms. The Hall–Kier alpha value is -2.46. The van der Waals surface area contributed by atoms with Crippen LogP contribution in [0.3, 0.4) is 0 Å². The van der Waals surface area contributed by atoms with Gasteiger partial charge in [0.15, 0.2) is 11.3 Å². The number of dihydropyridines is 1. The van der Waals surface area contributed by atoms with Crippen molar-refractivity contribution in [2.24, 2.45) is 16.8 Å². The van der Waals surface area contributed by atoms with Crippen molar-refractivity contribution >= 4 is 23.9 Å². The van der Waals surface area contributed by atoms with Gasteiger partial charge in [0.2, 0.25) is 0 Å². The Kier molecular flexibility index (Phi) is 5.52. The highest BCUT2D eigenvalue weighted by atomic mass is 16.4. The van der Waals surface area contributed by atoms with Gasteiger partial charge in [-0.1, -0.05) is 30.2 Å². The molecule has 0 fully saturated rings. The number of allylic oxidation sites excluding steroid dienone is 2. The summed E-state index contributed by atoms with van der Waals surface area (Å²) in [5.74, 6) is 0.298. The van der Waals surface area contributed by atoms with E-state index < -0.39 is 5.97 Å². The van der Waals surface area contributed by atoms with Crippen molar-refractivity contribution in [3.63, 3.8) is 0 Å². The largest absolute Gasteiger partial charge is 0.561 e. The number of carbonyl (C=O) groups excluding carboxylic acids is 1. The quantitative estimate of drug-likeness (QED) is 0.621. The second-order valence-electron chi connectivity index (χ2n) is 7.43. The summed E-state index contributed by atoms with van der Waals surface area (Å²) in [5.41, 5.74) is 5.29. The minimum Gasteiger partial charge on any atom is -0.561 e. The molecule has 0 saturated heterocycles. The van der Waals surface area contributed by atoms with E-state index in [4.69, 9.17) is 5.11 Å². The third kappa shape index (κ3) is 3.86. The molecule has 1 aromatic carbocycles. The lowest BCUT2D eigenvalue weighted by Crippen LogP contribution is -3.02. The SMILES string of the molecule is CC1=CC=NCC1C(C)=CCC(C)C[NH+]1C=Cc2cccc(C(=O)[OH2+])c21.